The normalized spacial score (nSPS) is 13.5. The van der Waals surface area contributed by atoms with Crippen molar-refractivity contribution < 1.29 is 22.0 Å². The van der Waals surface area contributed by atoms with Crippen molar-refractivity contribution in [2.24, 2.45) is 11.1 Å². The van der Waals surface area contributed by atoms with E-state index < -0.39 is 24.4 Å². The first-order valence-corrected chi connectivity index (χ1v) is 11.8. The highest BCUT2D eigenvalue weighted by molar-refractivity contribution is 7.81. The number of aromatic nitrogens is 3. The average Bonchev–Trinajstić information content (AvgIpc) is 3.45. The highest BCUT2D eigenvalue weighted by atomic mass is 32.1. The Balaban J connectivity index is 0.000000462. The van der Waals surface area contributed by atoms with Crippen molar-refractivity contribution in [3.05, 3.63) is 47.4 Å². The Hall–Kier alpha value is -2.20. The molecule has 0 spiro atoms. The monoisotopic (exact) mass is 516 g/mol. The van der Waals surface area contributed by atoms with Crippen LogP contribution in [0.1, 0.15) is 64.0 Å². The van der Waals surface area contributed by atoms with E-state index in [0.717, 1.165) is 23.3 Å². The van der Waals surface area contributed by atoms with Crippen LogP contribution in [0, 0.1) is 18.2 Å². The zero-order valence-corrected chi connectivity index (χ0v) is 21.5. The molecule has 2 heterocycles. The maximum atomic E-state index is 14.9. The molecule has 3 aromatic rings. The Morgan fingerprint density at radius 3 is 2.17 bits per heavy atom. The maximum absolute atomic E-state index is 14.9. The molecule has 1 saturated carbocycles. The largest absolute Gasteiger partial charge is 0.347 e. The van der Waals surface area contributed by atoms with Crippen LogP contribution in [0.4, 0.5) is 22.0 Å². The van der Waals surface area contributed by atoms with E-state index in [1.165, 1.54) is 32.0 Å². The molecule has 1 fully saturated rings. The van der Waals surface area contributed by atoms with Crippen molar-refractivity contribution >= 4 is 23.5 Å². The number of halogens is 5. The van der Waals surface area contributed by atoms with Crippen molar-refractivity contribution in [1.29, 1.82) is 0 Å². The number of rotatable bonds is 4. The lowest BCUT2D eigenvalue weighted by Crippen LogP contribution is -2.14. The minimum Gasteiger partial charge on any atom is -0.347 e. The first kappa shape index (κ1) is 29.0. The molecule has 0 unspecified atom stereocenters. The van der Waals surface area contributed by atoms with Gasteiger partial charge < -0.3 is 10.3 Å². The van der Waals surface area contributed by atoms with Gasteiger partial charge in [-0.15, -0.1) is 0 Å². The summed E-state index contributed by atoms with van der Waals surface area (Å²) in [4.78, 5) is 7.80. The molecule has 0 bridgehead atoms. The van der Waals surface area contributed by atoms with Crippen LogP contribution in [0.2, 0.25) is 0 Å². The Morgan fingerprint density at radius 2 is 1.71 bits per heavy atom. The van der Waals surface area contributed by atoms with Gasteiger partial charge in [0.2, 0.25) is 6.43 Å². The zero-order valence-electron chi connectivity index (χ0n) is 20.6. The molecular weight excluding hydrogens is 483 g/mol. The predicted molar refractivity (Wildman–Crippen MR) is 134 cm³/mol. The first-order valence-electron chi connectivity index (χ1n) is 11.3. The van der Waals surface area contributed by atoms with Gasteiger partial charge >= 0.3 is 0 Å². The highest BCUT2D eigenvalue weighted by Gasteiger charge is 2.22. The van der Waals surface area contributed by atoms with Crippen LogP contribution in [-0.2, 0) is 13.1 Å². The second-order valence-electron chi connectivity index (χ2n) is 9.66. The molecule has 0 amide bonds. The number of fused-ring (bicyclic) bond motifs is 1. The number of hydrogen-bond acceptors (Lipinski definition) is 4. The van der Waals surface area contributed by atoms with Gasteiger partial charge in [-0.1, -0.05) is 20.8 Å². The summed E-state index contributed by atoms with van der Waals surface area (Å²) >= 11 is 4.08. The number of thiol groups is 1. The molecule has 0 aliphatic heterocycles. The van der Waals surface area contributed by atoms with Gasteiger partial charge in [0.1, 0.15) is 17.3 Å². The molecule has 0 radical (unpaired) electrons. The standard InChI is InChI=1S/C20H23F3N4.C3H6S.C2H4F2/c1-11-25-8-15(18(26-11)19(22)23)14-6-17-13(5-16(14)21)12(7-24)9-27(17)10-20(2,3)4;4-3-1-2-3;1-2(3)4/h5-6,8-9,19H,7,10,24H2,1-4H3;3-4H,1-2H2;2H,1H3. The molecule has 1 aromatic carbocycles. The summed E-state index contributed by atoms with van der Waals surface area (Å²) in [6.45, 7) is 9.58. The Bertz CT molecular complexity index is 1120. The van der Waals surface area contributed by atoms with E-state index in [1.807, 2.05) is 10.8 Å². The molecule has 0 atom stereocenters. The van der Waals surface area contributed by atoms with E-state index in [4.69, 9.17) is 5.73 Å². The third-order valence-corrected chi connectivity index (χ3v) is 5.42. The fourth-order valence-corrected chi connectivity index (χ4v) is 3.48. The van der Waals surface area contributed by atoms with Gasteiger partial charge in [-0.2, -0.15) is 12.6 Å². The smallest absolute Gasteiger partial charge is 0.281 e. The molecular formula is C25H33F5N4S. The SMILES string of the molecule is CC(F)F.Cc1ncc(-c2cc3c(cc2F)c(CN)cn3CC(C)(C)C)c(C(F)F)n1.SC1CC1. The van der Waals surface area contributed by atoms with E-state index in [1.54, 1.807) is 6.07 Å². The Labute approximate surface area is 208 Å². The van der Waals surface area contributed by atoms with Crippen molar-refractivity contribution in [2.75, 3.05) is 0 Å². The summed E-state index contributed by atoms with van der Waals surface area (Å²) in [6.07, 6.45) is 0.873. The summed E-state index contributed by atoms with van der Waals surface area (Å²) in [6, 6.07) is 2.95. The predicted octanol–water partition coefficient (Wildman–Crippen LogP) is 7.34. The number of nitrogens with zero attached hydrogens (tertiary/aromatic N) is 3. The number of alkyl halides is 4. The van der Waals surface area contributed by atoms with Crippen LogP contribution in [0.3, 0.4) is 0 Å². The molecule has 1 aliphatic carbocycles. The summed E-state index contributed by atoms with van der Waals surface area (Å²) in [5, 5.41) is 1.47. The number of hydrogen-bond donors (Lipinski definition) is 2. The van der Waals surface area contributed by atoms with Gasteiger partial charge in [-0.3, -0.25) is 0 Å². The van der Waals surface area contributed by atoms with Gasteiger partial charge in [0.15, 0.2) is 0 Å². The quantitative estimate of drug-likeness (QED) is 0.282. The van der Waals surface area contributed by atoms with Crippen molar-refractivity contribution in [3.8, 4) is 11.1 Å². The molecule has 1 aliphatic rings. The number of nitrogens with two attached hydrogens (primary N) is 1. The molecule has 35 heavy (non-hydrogen) atoms. The van der Waals surface area contributed by atoms with Crippen molar-refractivity contribution in [3.63, 3.8) is 0 Å². The first-order chi connectivity index (χ1) is 16.2. The van der Waals surface area contributed by atoms with Gasteiger partial charge in [-0.05, 0) is 49.8 Å². The third kappa shape index (κ3) is 8.75. The van der Waals surface area contributed by atoms with Crippen molar-refractivity contribution in [2.45, 2.75) is 78.7 Å². The minimum absolute atomic E-state index is 0.00723. The fourth-order valence-electron chi connectivity index (χ4n) is 3.33. The van der Waals surface area contributed by atoms with Crippen LogP contribution in [-0.4, -0.2) is 26.2 Å². The highest BCUT2D eigenvalue weighted by Crippen LogP contribution is 2.35. The number of benzene rings is 1. The summed E-state index contributed by atoms with van der Waals surface area (Å²) in [5.41, 5.74) is 6.97. The number of aryl methyl sites for hydroxylation is 1. The molecule has 2 N–H and O–H groups in total. The molecule has 4 nitrogen and oxygen atoms in total. The second-order valence-corrected chi connectivity index (χ2v) is 10.4. The Morgan fingerprint density at radius 1 is 1.14 bits per heavy atom. The molecule has 2 aromatic heterocycles. The average molecular weight is 517 g/mol. The summed E-state index contributed by atoms with van der Waals surface area (Å²) in [5.74, 6) is -0.378. The summed E-state index contributed by atoms with van der Waals surface area (Å²) in [7, 11) is 0. The van der Waals surface area contributed by atoms with Crippen molar-refractivity contribution in [1.82, 2.24) is 14.5 Å². The van der Waals surface area contributed by atoms with E-state index in [0.29, 0.717) is 11.9 Å². The Kier molecular flexibility index (Phi) is 10.1. The zero-order chi connectivity index (χ0) is 26.5. The lowest BCUT2D eigenvalue weighted by atomic mass is 9.96. The van der Waals surface area contributed by atoms with E-state index in [-0.39, 0.29) is 28.9 Å². The fraction of sp³-hybridized carbons (Fsp3) is 0.520. The molecule has 4 rings (SSSR count). The molecule has 10 heteroatoms. The lowest BCUT2D eigenvalue weighted by molar-refractivity contribution is 0.146. The molecule has 0 saturated heterocycles. The van der Waals surface area contributed by atoms with E-state index in [2.05, 4.69) is 43.4 Å². The maximum Gasteiger partial charge on any atom is 0.281 e. The van der Waals surface area contributed by atoms with Gasteiger partial charge in [-0.25, -0.2) is 31.9 Å². The van der Waals surface area contributed by atoms with Gasteiger partial charge in [0.25, 0.3) is 6.43 Å². The topological polar surface area (TPSA) is 56.7 Å². The minimum atomic E-state index is -2.82. The lowest BCUT2D eigenvalue weighted by Gasteiger charge is -2.20. The van der Waals surface area contributed by atoms with E-state index >= 15 is 0 Å². The molecule has 194 valence electrons. The van der Waals surface area contributed by atoms with Crippen LogP contribution in [0.5, 0.6) is 0 Å². The summed E-state index contributed by atoms with van der Waals surface area (Å²) < 4.78 is 64.5. The third-order valence-electron chi connectivity index (χ3n) is 4.90. The van der Waals surface area contributed by atoms with Crippen LogP contribution < -0.4 is 5.73 Å². The van der Waals surface area contributed by atoms with Gasteiger partial charge in [0.05, 0.1) is 0 Å². The van der Waals surface area contributed by atoms with Crippen LogP contribution in [0.25, 0.3) is 22.0 Å². The van der Waals surface area contributed by atoms with Crippen LogP contribution >= 0.6 is 12.6 Å². The second kappa shape index (κ2) is 12.2. The van der Waals surface area contributed by atoms with Crippen LogP contribution in [0.15, 0.2) is 24.5 Å². The van der Waals surface area contributed by atoms with Gasteiger partial charge in [0, 0.05) is 52.8 Å². The van der Waals surface area contributed by atoms with E-state index in [9.17, 15) is 22.0 Å².